The smallest absolute Gasteiger partial charge is 0.227 e. The van der Waals surface area contributed by atoms with Crippen LogP contribution in [-0.2, 0) is 0 Å². The predicted molar refractivity (Wildman–Crippen MR) is 88.2 cm³/mol. The SMILES string of the molecule is CCNc1ccnc(N2CCC(N3CCC(O)CC3)CC2)n1. The first-order chi connectivity index (χ1) is 10.8. The molecule has 0 unspecified atom stereocenters. The van der Waals surface area contributed by atoms with Crippen molar-refractivity contribution < 1.29 is 5.11 Å². The molecule has 3 heterocycles. The molecule has 0 aliphatic carbocycles. The number of rotatable bonds is 4. The van der Waals surface area contributed by atoms with Gasteiger partial charge in [-0.1, -0.05) is 0 Å². The largest absolute Gasteiger partial charge is 0.393 e. The van der Waals surface area contributed by atoms with Gasteiger partial charge in [-0.3, -0.25) is 0 Å². The molecule has 0 radical (unpaired) electrons. The molecule has 0 amide bonds. The Morgan fingerprint density at radius 2 is 1.91 bits per heavy atom. The van der Waals surface area contributed by atoms with Gasteiger partial charge in [0.1, 0.15) is 5.82 Å². The van der Waals surface area contributed by atoms with Crippen molar-refractivity contribution >= 4 is 11.8 Å². The molecule has 2 aliphatic rings. The number of aliphatic hydroxyl groups is 1. The highest BCUT2D eigenvalue weighted by atomic mass is 16.3. The second-order valence-corrected chi connectivity index (χ2v) is 6.26. The van der Waals surface area contributed by atoms with Crippen molar-refractivity contribution in [2.75, 3.05) is 42.9 Å². The van der Waals surface area contributed by atoms with E-state index in [0.717, 1.165) is 70.2 Å². The summed E-state index contributed by atoms with van der Waals surface area (Å²) < 4.78 is 0. The molecule has 2 saturated heterocycles. The molecule has 2 aliphatic heterocycles. The average Bonchev–Trinajstić information content (AvgIpc) is 2.56. The molecule has 22 heavy (non-hydrogen) atoms. The molecule has 0 atom stereocenters. The number of nitrogens with zero attached hydrogens (tertiary/aromatic N) is 4. The van der Waals surface area contributed by atoms with Gasteiger partial charge >= 0.3 is 0 Å². The van der Waals surface area contributed by atoms with Crippen LogP contribution >= 0.6 is 0 Å². The first kappa shape index (κ1) is 15.5. The monoisotopic (exact) mass is 305 g/mol. The van der Waals surface area contributed by atoms with Gasteiger partial charge in [-0.05, 0) is 38.7 Å². The molecule has 1 aromatic rings. The molecule has 6 heteroatoms. The first-order valence-corrected chi connectivity index (χ1v) is 8.50. The summed E-state index contributed by atoms with van der Waals surface area (Å²) in [6.07, 6.45) is 5.91. The van der Waals surface area contributed by atoms with Crippen molar-refractivity contribution in [1.82, 2.24) is 14.9 Å². The maximum atomic E-state index is 9.63. The molecular weight excluding hydrogens is 278 g/mol. The Hall–Kier alpha value is -1.40. The van der Waals surface area contributed by atoms with E-state index < -0.39 is 0 Å². The van der Waals surface area contributed by atoms with Crippen LogP contribution in [0, 0.1) is 0 Å². The third kappa shape index (κ3) is 3.67. The summed E-state index contributed by atoms with van der Waals surface area (Å²) in [4.78, 5) is 13.9. The predicted octanol–water partition coefficient (Wildman–Crippen LogP) is 1.33. The number of likely N-dealkylation sites (tertiary alicyclic amines) is 1. The van der Waals surface area contributed by atoms with E-state index in [1.54, 1.807) is 0 Å². The molecule has 0 bridgehead atoms. The number of hydrogen-bond acceptors (Lipinski definition) is 6. The second-order valence-electron chi connectivity index (χ2n) is 6.26. The lowest BCUT2D eigenvalue weighted by Gasteiger charge is -2.41. The van der Waals surface area contributed by atoms with Gasteiger partial charge in [-0.25, -0.2) is 4.98 Å². The van der Waals surface area contributed by atoms with Crippen molar-refractivity contribution in [3.8, 4) is 0 Å². The summed E-state index contributed by atoms with van der Waals surface area (Å²) in [7, 11) is 0. The lowest BCUT2D eigenvalue weighted by atomic mass is 9.99. The molecule has 0 aromatic carbocycles. The van der Waals surface area contributed by atoms with Crippen LogP contribution in [-0.4, -0.2) is 64.8 Å². The van der Waals surface area contributed by atoms with Gasteiger partial charge in [-0.15, -0.1) is 0 Å². The minimum absolute atomic E-state index is 0.0847. The highest BCUT2D eigenvalue weighted by Crippen LogP contribution is 2.23. The van der Waals surface area contributed by atoms with E-state index in [0.29, 0.717) is 6.04 Å². The molecule has 122 valence electrons. The molecule has 2 N–H and O–H groups in total. The minimum atomic E-state index is -0.0847. The van der Waals surface area contributed by atoms with E-state index in [-0.39, 0.29) is 6.10 Å². The van der Waals surface area contributed by atoms with Crippen LogP contribution in [0.1, 0.15) is 32.6 Å². The van der Waals surface area contributed by atoms with Crippen LogP contribution in [0.15, 0.2) is 12.3 Å². The summed E-state index contributed by atoms with van der Waals surface area (Å²) in [6, 6.07) is 2.57. The highest BCUT2D eigenvalue weighted by molar-refractivity contribution is 5.41. The Labute approximate surface area is 132 Å². The number of anilines is 2. The lowest BCUT2D eigenvalue weighted by Crippen LogP contribution is -2.48. The Kier molecular flexibility index (Phi) is 5.10. The zero-order valence-electron chi connectivity index (χ0n) is 13.4. The summed E-state index contributed by atoms with van der Waals surface area (Å²) in [5.41, 5.74) is 0. The van der Waals surface area contributed by atoms with Gasteiger partial charge in [0, 0.05) is 45.0 Å². The number of aliphatic hydroxyl groups excluding tert-OH is 1. The van der Waals surface area contributed by atoms with E-state index in [1.165, 1.54) is 0 Å². The summed E-state index contributed by atoms with van der Waals surface area (Å²) >= 11 is 0. The number of piperidine rings is 2. The second kappa shape index (κ2) is 7.24. The van der Waals surface area contributed by atoms with Gasteiger partial charge in [0.05, 0.1) is 6.10 Å². The molecular formula is C16H27N5O. The zero-order chi connectivity index (χ0) is 15.4. The Balaban J connectivity index is 1.54. The molecule has 1 aromatic heterocycles. The van der Waals surface area contributed by atoms with Gasteiger partial charge < -0.3 is 20.2 Å². The molecule has 6 nitrogen and oxygen atoms in total. The maximum absolute atomic E-state index is 9.63. The van der Waals surface area contributed by atoms with E-state index in [4.69, 9.17) is 0 Å². The van der Waals surface area contributed by atoms with Gasteiger partial charge in [0.2, 0.25) is 5.95 Å². The summed E-state index contributed by atoms with van der Waals surface area (Å²) in [6.45, 7) is 7.05. The summed E-state index contributed by atoms with van der Waals surface area (Å²) in [5, 5.41) is 12.9. The number of nitrogens with one attached hydrogen (secondary N) is 1. The van der Waals surface area contributed by atoms with Gasteiger partial charge in [-0.2, -0.15) is 4.98 Å². The van der Waals surface area contributed by atoms with E-state index in [9.17, 15) is 5.11 Å². The van der Waals surface area contributed by atoms with E-state index >= 15 is 0 Å². The van der Waals surface area contributed by atoms with Crippen LogP contribution in [0.5, 0.6) is 0 Å². The third-order valence-corrected chi connectivity index (χ3v) is 4.76. The maximum Gasteiger partial charge on any atom is 0.227 e. The van der Waals surface area contributed by atoms with E-state index in [1.807, 2.05) is 12.3 Å². The van der Waals surface area contributed by atoms with Crippen LogP contribution in [0.3, 0.4) is 0 Å². The average molecular weight is 305 g/mol. The number of aromatic nitrogens is 2. The first-order valence-electron chi connectivity index (χ1n) is 8.50. The zero-order valence-corrected chi connectivity index (χ0v) is 13.4. The fourth-order valence-electron chi connectivity index (χ4n) is 3.46. The molecule has 0 saturated carbocycles. The van der Waals surface area contributed by atoms with E-state index in [2.05, 4.69) is 32.0 Å². The lowest BCUT2D eigenvalue weighted by molar-refractivity contribution is 0.0541. The highest BCUT2D eigenvalue weighted by Gasteiger charge is 2.28. The van der Waals surface area contributed by atoms with Crippen LogP contribution in [0.4, 0.5) is 11.8 Å². The van der Waals surface area contributed by atoms with Crippen molar-refractivity contribution in [2.45, 2.75) is 44.8 Å². The van der Waals surface area contributed by atoms with Crippen molar-refractivity contribution in [3.63, 3.8) is 0 Å². The summed E-state index contributed by atoms with van der Waals surface area (Å²) in [5.74, 6) is 1.74. The Bertz CT molecular complexity index is 467. The van der Waals surface area contributed by atoms with Gasteiger partial charge in [0.15, 0.2) is 0 Å². The van der Waals surface area contributed by atoms with Crippen LogP contribution < -0.4 is 10.2 Å². The molecule has 2 fully saturated rings. The van der Waals surface area contributed by atoms with Gasteiger partial charge in [0.25, 0.3) is 0 Å². The molecule has 0 spiro atoms. The van der Waals surface area contributed by atoms with Crippen LogP contribution in [0.25, 0.3) is 0 Å². The fourth-order valence-corrected chi connectivity index (χ4v) is 3.46. The van der Waals surface area contributed by atoms with Crippen molar-refractivity contribution in [1.29, 1.82) is 0 Å². The Morgan fingerprint density at radius 3 is 2.59 bits per heavy atom. The fraction of sp³-hybridized carbons (Fsp3) is 0.750. The molecule has 3 rings (SSSR count). The standard InChI is InChI=1S/C16H27N5O/c1-2-17-15-3-8-18-16(19-15)21-9-4-13(5-10-21)20-11-6-14(22)7-12-20/h3,8,13-14,22H,2,4-7,9-12H2,1H3,(H,17,18,19). The quantitative estimate of drug-likeness (QED) is 0.875. The van der Waals surface area contributed by atoms with Crippen molar-refractivity contribution in [2.24, 2.45) is 0 Å². The third-order valence-electron chi connectivity index (χ3n) is 4.76. The normalized spacial score (nSPS) is 22.0. The van der Waals surface area contributed by atoms with Crippen LogP contribution in [0.2, 0.25) is 0 Å². The Morgan fingerprint density at radius 1 is 1.18 bits per heavy atom. The minimum Gasteiger partial charge on any atom is -0.393 e. The topological polar surface area (TPSA) is 64.5 Å². The van der Waals surface area contributed by atoms with Crippen molar-refractivity contribution in [3.05, 3.63) is 12.3 Å². The number of hydrogen-bond donors (Lipinski definition) is 2.